The minimum Gasteiger partial charge on any atom is -0.298 e. The maximum absolute atomic E-state index is 11.0. The first kappa shape index (κ1) is 15.3. The Morgan fingerprint density at radius 1 is 1.13 bits per heavy atom. The van der Waals surface area contributed by atoms with Crippen molar-refractivity contribution in [3.8, 4) is 11.1 Å². The van der Waals surface area contributed by atoms with E-state index >= 15 is 0 Å². The van der Waals surface area contributed by atoms with Crippen LogP contribution in [0.1, 0.15) is 24.8 Å². The van der Waals surface area contributed by atoms with Crippen molar-refractivity contribution in [3.63, 3.8) is 0 Å². The van der Waals surface area contributed by atoms with Crippen LogP contribution in [0.25, 0.3) is 11.1 Å². The van der Waals surface area contributed by atoms with Gasteiger partial charge in [-0.2, -0.15) is 0 Å². The number of aromatic nitrogens is 1. The number of rotatable bonds is 6. The quantitative estimate of drug-likeness (QED) is 0.749. The maximum Gasteiger partial charge on any atom is 0.147 e. The summed E-state index contributed by atoms with van der Waals surface area (Å²) in [6, 6.07) is 12.7. The lowest BCUT2D eigenvalue weighted by Gasteiger charge is -2.16. The highest BCUT2D eigenvalue weighted by Gasteiger charge is 2.15. The normalized spacial score (nSPS) is 16.9. The third-order valence-electron chi connectivity index (χ3n) is 4.29. The van der Waals surface area contributed by atoms with Crippen LogP contribution in [-0.2, 0) is 11.2 Å². The molecule has 23 heavy (non-hydrogen) atoms. The average Bonchev–Trinajstić information content (AvgIpc) is 2.63. The number of carbonyl (C=O) groups excluding carboxylic acids is 1. The molecule has 2 aromatic rings. The van der Waals surface area contributed by atoms with Gasteiger partial charge in [0.05, 0.1) is 0 Å². The van der Waals surface area contributed by atoms with Crippen molar-refractivity contribution >= 4 is 12.5 Å². The summed E-state index contributed by atoms with van der Waals surface area (Å²) in [5.41, 5.74) is 4.50. The van der Waals surface area contributed by atoms with Crippen molar-refractivity contribution in [1.29, 1.82) is 0 Å². The number of aryl methyl sites for hydroxylation is 1. The summed E-state index contributed by atoms with van der Waals surface area (Å²) in [5.74, 6) is 0.333. The van der Waals surface area contributed by atoms with Crippen LogP contribution in [0.3, 0.4) is 0 Å². The van der Waals surface area contributed by atoms with Crippen LogP contribution < -0.4 is 0 Å². The van der Waals surface area contributed by atoms with Crippen molar-refractivity contribution < 1.29 is 4.79 Å². The Kier molecular flexibility index (Phi) is 5.09. The Morgan fingerprint density at radius 2 is 2.00 bits per heavy atom. The molecule has 0 amide bonds. The summed E-state index contributed by atoms with van der Waals surface area (Å²) in [5, 5.41) is 0. The van der Waals surface area contributed by atoms with Gasteiger partial charge in [-0.25, -0.2) is 0 Å². The third kappa shape index (κ3) is 4.01. The van der Waals surface area contributed by atoms with Gasteiger partial charge in [0.1, 0.15) is 6.29 Å². The van der Waals surface area contributed by atoms with Gasteiger partial charge in [0.15, 0.2) is 0 Å². The second kappa shape index (κ2) is 7.63. The van der Waals surface area contributed by atoms with E-state index < -0.39 is 0 Å². The Bertz CT molecular complexity index is 702. The molecule has 0 fully saturated rings. The van der Waals surface area contributed by atoms with E-state index in [1.165, 1.54) is 11.1 Å². The lowest BCUT2D eigenvalue weighted by Crippen LogP contribution is -2.09. The minimum absolute atomic E-state index is 0.333. The first-order chi connectivity index (χ1) is 11.4. The number of benzene rings is 1. The number of nitrogens with zero attached hydrogens (tertiary/aromatic N) is 2. The molecule has 0 aliphatic carbocycles. The molecule has 0 spiro atoms. The summed E-state index contributed by atoms with van der Waals surface area (Å²) in [7, 11) is 0. The van der Waals surface area contributed by atoms with E-state index in [0.717, 1.165) is 43.1 Å². The van der Waals surface area contributed by atoms with Gasteiger partial charge in [0.25, 0.3) is 0 Å². The molecule has 1 aromatic carbocycles. The molecule has 1 aromatic heterocycles. The molecule has 0 radical (unpaired) electrons. The second-order valence-corrected chi connectivity index (χ2v) is 5.84. The van der Waals surface area contributed by atoms with E-state index in [2.05, 4.69) is 40.3 Å². The molecule has 3 rings (SSSR count). The summed E-state index contributed by atoms with van der Waals surface area (Å²) in [6.45, 7) is 0. The van der Waals surface area contributed by atoms with Gasteiger partial charge in [-0.15, -0.1) is 0 Å². The molecular formula is C20H20N2O. The van der Waals surface area contributed by atoms with Crippen LogP contribution in [0.2, 0.25) is 0 Å². The molecule has 0 N–H and O–H groups in total. The minimum atomic E-state index is 0.333. The Morgan fingerprint density at radius 3 is 2.74 bits per heavy atom. The molecule has 1 aliphatic heterocycles. The second-order valence-electron chi connectivity index (χ2n) is 5.84. The van der Waals surface area contributed by atoms with Crippen molar-refractivity contribution in [3.05, 3.63) is 66.1 Å². The van der Waals surface area contributed by atoms with E-state index in [1.807, 2.05) is 18.5 Å². The predicted octanol–water partition coefficient (Wildman–Crippen LogP) is 4.24. The number of aliphatic imine (C=N–C) groups is 1. The molecule has 2 heterocycles. The van der Waals surface area contributed by atoms with Crippen LogP contribution in [0.15, 0.2) is 65.6 Å². The van der Waals surface area contributed by atoms with E-state index in [9.17, 15) is 4.79 Å². The van der Waals surface area contributed by atoms with Gasteiger partial charge in [-0.3, -0.25) is 14.8 Å². The highest BCUT2D eigenvalue weighted by molar-refractivity contribution is 5.77. The lowest BCUT2D eigenvalue weighted by molar-refractivity contribution is -0.105. The number of aldehydes is 1. The van der Waals surface area contributed by atoms with E-state index in [4.69, 9.17) is 0 Å². The standard InChI is InChI=1S/C20H20N2O/c23-15-20-14-22-12-10-17(20)4-1-3-16-6-8-18(9-7-16)19-5-2-11-21-13-19/h2,5-9,11-15,17H,1,3-4,10H2. The average molecular weight is 304 g/mol. The Labute approximate surface area is 136 Å². The summed E-state index contributed by atoms with van der Waals surface area (Å²) >= 11 is 0. The molecule has 1 aliphatic rings. The molecule has 3 nitrogen and oxygen atoms in total. The monoisotopic (exact) mass is 304 g/mol. The Balaban J connectivity index is 1.54. The van der Waals surface area contributed by atoms with Gasteiger partial charge in [0, 0.05) is 30.4 Å². The third-order valence-corrected chi connectivity index (χ3v) is 4.29. The first-order valence-corrected chi connectivity index (χ1v) is 8.03. The van der Waals surface area contributed by atoms with Crippen LogP contribution in [0.4, 0.5) is 0 Å². The smallest absolute Gasteiger partial charge is 0.147 e. The van der Waals surface area contributed by atoms with Gasteiger partial charge in [0.2, 0.25) is 0 Å². The van der Waals surface area contributed by atoms with Crippen LogP contribution in [-0.4, -0.2) is 17.5 Å². The van der Waals surface area contributed by atoms with Crippen LogP contribution in [0, 0.1) is 5.92 Å². The lowest BCUT2D eigenvalue weighted by atomic mass is 9.90. The van der Waals surface area contributed by atoms with Crippen molar-refractivity contribution in [2.75, 3.05) is 0 Å². The fraction of sp³-hybridized carbons (Fsp3) is 0.250. The van der Waals surface area contributed by atoms with Gasteiger partial charge in [-0.1, -0.05) is 30.3 Å². The zero-order chi connectivity index (χ0) is 15.9. The number of hydrogen-bond donors (Lipinski definition) is 0. The zero-order valence-electron chi connectivity index (χ0n) is 13.1. The summed E-state index contributed by atoms with van der Waals surface area (Å²) < 4.78 is 0. The van der Waals surface area contributed by atoms with Crippen molar-refractivity contribution in [1.82, 2.24) is 4.98 Å². The molecule has 3 heteroatoms. The number of carbonyl (C=O) groups is 1. The van der Waals surface area contributed by atoms with Crippen LogP contribution in [0.5, 0.6) is 0 Å². The van der Waals surface area contributed by atoms with Gasteiger partial charge in [-0.05, 0) is 54.4 Å². The van der Waals surface area contributed by atoms with Gasteiger partial charge < -0.3 is 0 Å². The van der Waals surface area contributed by atoms with E-state index in [-0.39, 0.29) is 0 Å². The highest BCUT2D eigenvalue weighted by atomic mass is 16.1. The predicted molar refractivity (Wildman–Crippen MR) is 93.4 cm³/mol. The SMILES string of the molecule is O=CC1=CN=CCC1CCCc1ccc(-c2cccnc2)cc1. The van der Waals surface area contributed by atoms with Crippen molar-refractivity contribution in [2.24, 2.45) is 10.9 Å². The number of hydrogen-bond acceptors (Lipinski definition) is 3. The summed E-state index contributed by atoms with van der Waals surface area (Å²) in [6.07, 6.45) is 12.2. The molecule has 0 bridgehead atoms. The van der Waals surface area contributed by atoms with Crippen molar-refractivity contribution in [2.45, 2.75) is 25.7 Å². The van der Waals surface area contributed by atoms with Gasteiger partial charge >= 0.3 is 0 Å². The molecule has 1 atom stereocenters. The Hall–Kier alpha value is -2.55. The van der Waals surface area contributed by atoms with E-state index in [0.29, 0.717) is 5.92 Å². The number of allylic oxidation sites excluding steroid dienone is 1. The molecule has 1 unspecified atom stereocenters. The molecule has 0 saturated carbocycles. The molecule has 0 saturated heterocycles. The molecule has 116 valence electrons. The first-order valence-electron chi connectivity index (χ1n) is 8.03. The topological polar surface area (TPSA) is 42.3 Å². The largest absolute Gasteiger partial charge is 0.298 e. The fourth-order valence-electron chi connectivity index (χ4n) is 2.93. The zero-order valence-corrected chi connectivity index (χ0v) is 13.1. The maximum atomic E-state index is 11.0. The summed E-state index contributed by atoms with van der Waals surface area (Å²) in [4.78, 5) is 19.2. The van der Waals surface area contributed by atoms with E-state index in [1.54, 1.807) is 12.4 Å². The fourth-order valence-corrected chi connectivity index (χ4v) is 2.93. The molecular weight excluding hydrogens is 284 g/mol. The number of pyridine rings is 1. The highest BCUT2D eigenvalue weighted by Crippen LogP contribution is 2.24. The van der Waals surface area contributed by atoms with Crippen LogP contribution >= 0.6 is 0 Å².